The third kappa shape index (κ3) is 4.86. The fraction of sp³-hybridized carbons (Fsp3) is 0.240. The topological polar surface area (TPSA) is 38.3 Å². The summed E-state index contributed by atoms with van der Waals surface area (Å²) in [5.74, 6) is -0.0790. The van der Waals surface area contributed by atoms with Crippen LogP contribution in [0.4, 0.5) is 0 Å². The van der Waals surface area contributed by atoms with E-state index in [1.54, 1.807) is 0 Å². The first kappa shape index (κ1) is 20.9. The van der Waals surface area contributed by atoms with Crippen LogP contribution in [0.3, 0.4) is 0 Å². The molecule has 3 atom stereocenters. The fourth-order valence-electron chi connectivity index (χ4n) is 3.98. The molecule has 5 heteroatoms. The molecule has 0 saturated carbocycles. The van der Waals surface area contributed by atoms with Gasteiger partial charge < -0.3 is 10.1 Å². The second kappa shape index (κ2) is 8.81. The first-order chi connectivity index (χ1) is 14.4. The van der Waals surface area contributed by atoms with E-state index in [1.165, 1.54) is 0 Å². The molecular formula is C25H23Cl2NO2. The van der Waals surface area contributed by atoms with Crippen molar-refractivity contribution in [2.24, 2.45) is 0 Å². The molecule has 0 aromatic heterocycles. The van der Waals surface area contributed by atoms with E-state index in [0.717, 1.165) is 11.1 Å². The summed E-state index contributed by atoms with van der Waals surface area (Å²) in [6.45, 7) is 2.09. The largest absolute Gasteiger partial charge is 0.365 e. The van der Waals surface area contributed by atoms with Gasteiger partial charge in [0.05, 0.1) is 12.2 Å². The lowest BCUT2D eigenvalue weighted by atomic mass is 9.81. The lowest BCUT2D eigenvalue weighted by molar-refractivity contribution is -0.0851. The van der Waals surface area contributed by atoms with Crippen LogP contribution >= 0.6 is 23.2 Å². The zero-order chi connectivity index (χ0) is 21.1. The quantitative estimate of drug-likeness (QED) is 0.486. The Bertz CT molecular complexity index is 950. The summed E-state index contributed by atoms with van der Waals surface area (Å²) in [6, 6.07) is 24.7. The zero-order valence-corrected chi connectivity index (χ0v) is 18.2. The van der Waals surface area contributed by atoms with Crippen LogP contribution in [0.1, 0.15) is 53.5 Å². The molecule has 1 aliphatic heterocycles. The maximum Gasteiger partial charge on any atom is 0.251 e. The van der Waals surface area contributed by atoms with Gasteiger partial charge in [0.2, 0.25) is 0 Å². The van der Waals surface area contributed by atoms with Crippen molar-refractivity contribution in [1.82, 2.24) is 5.32 Å². The smallest absolute Gasteiger partial charge is 0.251 e. The van der Waals surface area contributed by atoms with Gasteiger partial charge in [-0.2, -0.15) is 0 Å². The van der Waals surface area contributed by atoms with Gasteiger partial charge in [-0.3, -0.25) is 4.79 Å². The van der Waals surface area contributed by atoms with Crippen molar-refractivity contribution >= 4 is 29.1 Å². The second-order valence-corrected chi connectivity index (χ2v) is 8.88. The number of ether oxygens (including phenoxy) is 1. The van der Waals surface area contributed by atoms with E-state index >= 15 is 0 Å². The number of hydrogen-bond donors (Lipinski definition) is 1. The van der Waals surface area contributed by atoms with Crippen molar-refractivity contribution in [2.45, 2.75) is 37.5 Å². The third-order valence-electron chi connectivity index (χ3n) is 5.54. The van der Waals surface area contributed by atoms with Crippen LogP contribution in [0, 0.1) is 0 Å². The van der Waals surface area contributed by atoms with Crippen LogP contribution in [-0.2, 0) is 4.74 Å². The Morgan fingerprint density at radius 1 is 0.833 bits per heavy atom. The highest BCUT2D eigenvalue weighted by Crippen LogP contribution is 2.44. The summed E-state index contributed by atoms with van der Waals surface area (Å²) in [4.78, 5) is 12.9. The summed E-state index contributed by atoms with van der Waals surface area (Å²) in [5, 5.41) is 4.63. The van der Waals surface area contributed by atoms with Gasteiger partial charge in [-0.1, -0.05) is 65.7 Å². The van der Waals surface area contributed by atoms with Gasteiger partial charge in [-0.05, 0) is 54.4 Å². The minimum absolute atomic E-state index is 0.0790. The molecule has 4 rings (SSSR count). The summed E-state index contributed by atoms with van der Waals surface area (Å²) < 4.78 is 6.48. The number of amides is 1. The number of nitrogens with one attached hydrogen (secondary N) is 1. The van der Waals surface area contributed by atoms with Crippen LogP contribution < -0.4 is 5.32 Å². The molecule has 0 spiro atoms. The molecule has 1 saturated heterocycles. The predicted molar refractivity (Wildman–Crippen MR) is 121 cm³/mol. The Morgan fingerprint density at radius 3 is 1.77 bits per heavy atom. The van der Waals surface area contributed by atoms with Crippen molar-refractivity contribution in [1.29, 1.82) is 0 Å². The van der Waals surface area contributed by atoms with Crippen molar-refractivity contribution in [3.05, 3.63) is 106 Å². The van der Waals surface area contributed by atoms with Crippen molar-refractivity contribution in [2.75, 3.05) is 0 Å². The van der Waals surface area contributed by atoms with Gasteiger partial charge in [0.25, 0.3) is 5.91 Å². The van der Waals surface area contributed by atoms with Crippen molar-refractivity contribution in [3.8, 4) is 0 Å². The summed E-state index contributed by atoms with van der Waals surface area (Å²) in [5.41, 5.74) is 2.28. The molecule has 3 aromatic rings. The molecule has 154 valence electrons. The molecule has 1 fully saturated rings. The van der Waals surface area contributed by atoms with Gasteiger partial charge in [-0.25, -0.2) is 0 Å². The lowest BCUT2D eigenvalue weighted by Gasteiger charge is -2.43. The maximum atomic E-state index is 12.9. The number of rotatable bonds is 4. The number of carbonyl (C=O) groups excluding carboxylic acids is 1. The van der Waals surface area contributed by atoms with E-state index in [4.69, 9.17) is 27.9 Å². The van der Waals surface area contributed by atoms with Crippen LogP contribution in [0.2, 0.25) is 10.0 Å². The summed E-state index contributed by atoms with van der Waals surface area (Å²) >= 11 is 12.1. The Labute approximate surface area is 187 Å². The van der Waals surface area contributed by atoms with Gasteiger partial charge in [-0.15, -0.1) is 0 Å². The molecule has 3 aromatic carbocycles. The standard InChI is InChI=1S/C25H23Cl2NO2/c1-25(28-24(29)19-5-3-2-4-6-19)15-22(17-7-11-20(26)12-8-17)30-23(16-25)18-9-13-21(27)14-10-18/h2-14,22-23H,15-16H2,1H3,(H,28,29)/t22-,23+,25?. The van der Waals surface area contributed by atoms with Gasteiger partial charge in [0.1, 0.15) is 0 Å². The minimum Gasteiger partial charge on any atom is -0.365 e. The van der Waals surface area contributed by atoms with E-state index in [-0.39, 0.29) is 18.1 Å². The predicted octanol–water partition coefficient (Wildman–Crippen LogP) is 6.77. The normalized spacial score (nSPS) is 23.7. The highest BCUT2D eigenvalue weighted by Gasteiger charge is 2.40. The molecule has 0 aliphatic carbocycles. The van der Waals surface area contributed by atoms with Crippen LogP contribution in [-0.4, -0.2) is 11.4 Å². The van der Waals surface area contributed by atoms with Gasteiger partial charge in [0, 0.05) is 34.0 Å². The Balaban J connectivity index is 1.63. The molecule has 0 radical (unpaired) electrons. The molecule has 1 amide bonds. The van der Waals surface area contributed by atoms with E-state index in [1.807, 2.05) is 78.9 Å². The van der Waals surface area contributed by atoms with Gasteiger partial charge >= 0.3 is 0 Å². The van der Waals surface area contributed by atoms with Crippen LogP contribution in [0.25, 0.3) is 0 Å². The first-order valence-corrected chi connectivity index (χ1v) is 10.7. The van der Waals surface area contributed by atoms with Crippen LogP contribution in [0.5, 0.6) is 0 Å². The minimum atomic E-state index is -0.445. The fourth-order valence-corrected chi connectivity index (χ4v) is 4.23. The van der Waals surface area contributed by atoms with Crippen molar-refractivity contribution < 1.29 is 9.53 Å². The second-order valence-electron chi connectivity index (χ2n) is 8.01. The molecular weight excluding hydrogens is 417 g/mol. The average molecular weight is 440 g/mol. The molecule has 1 heterocycles. The SMILES string of the molecule is CC1(NC(=O)c2ccccc2)C[C@@H](c2ccc(Cl)cc2)O[C@@H](c2ccc(Cl)cc2)C1. The number of hydrogen-bond acceptors (Lipinski definition) is 2. The summed E-state index contributed by atoms with van der Waals surface area (Å²) in [6.07, 6.45) is 0.991. The Hall–Kier alpha value is -2.33. The zero-order valence-electron chi connectivity index (χ0n) is 16.6. The maximum absolute atomic E-state index is 12.9. The Kier molecular flexibility index (Phi) is 6.14. The highest BCUT2D eigenvalue weighted by molar-refractivity contribution is 6.30. The molecule has 1 N–H and O–H groups in total. The van der Waals surface area contributed by atoms with E-state index < -0.39 is 5.54 Å². The number of halogens is 2. The van der Waals surface area contributed by atoms with Crippen molar-refractivity contribution in [3.63, 3.8) is 0 Å². The number of benzene rings is 3. The average Bonchev–Trinajstić information content (AvgIpc) is 2.74. The van der Waals surface area contributed by atoms with Gasteiger partial charge in [0.15, 0.2) is 0 Å². The first-order valence-electron chi connectivity index (χ1n) is 9.96. The summed E-state index contributed by atoms with van der Waals surface area (Å²) in [7, 11) is 0. The Morgan fingerprint density at radius 2 is 1.30 bits per heavy atom. The highest BCUT2D eigenvalue weighted by atomic mass is 35.5. The van der Waals surface area contributed by atoms with E-state index in [0.29, 0.717) is 28.5 Å². The lowest BCUT2D eigenvalue weighted by Crippen LogP contribution is -2.50. The van der Waals surface area contributed by atoms with E-state index in [9.17, 15) is 4.79 Å². The van der Waals surface area contributed by atoms with Crippen LogP contribution in [0.15, 0.2) is 78.9 Å². The molecule has 3 nitrogen and oxygen atoms in total. The molecule has 0 bridgehead atoms. The molecule has 1 aliphatic rings. The monoisotopic (exact) mass is 439 g/mol. The molecule has 30 heavy (non-hydrogen) atoms. The molecule has 1 unspecified atom stereocenters. The third-order valence-corrected chi connectivity index (χ3v) is 6.04. The van der Waals surface area contributed by atoms with E-state index in [2.05, 4.69) is 12.2 Å². The number of carbonyl (C=O) groups is 1.